The van der Waals surface area contributed by atoms with Crippen LogP contribution >= 0.6 is 0 Å². The standard InChI is InChI=1S/C22H22O8/c1-3-4-15-14(5-6-18(28-2)22(15)27)19-9-17(26)21-16(25)7-13(8-20(21)30-19)29-11-12(24)10-23/h3,5-9,12,23-25,27H,1,4,10-11H2,2H3/t12-/m1/s1. The van der Waals surface area contributed by atoms with E-state index in [9.17, 15) is 20.1 Å². The average Bonchev–Trinajstić information content (AvgIpc) is 2.72. The molecule has 3 aromatic rings. The number of hydrogen-bond acceptors (Lipinski definition) is 8. The largest absolute Gasteiger partial charge is 0.507 e. The summed E-state index contributed by atoms with van der Waals surface area (Å²) in [6.07, 6.45) is 0.805. The van der Waals surface area contributed by atoms with Gasteiger partial charge in [0.15, 0.2) is 16.9 Å². The van der Waals surface area contributed by atoms with Gasteiger partial charge in [-0.05, 0) is 18.6 Å². The number of aliphatic hydroxyl groups excluding tert-OH is 2. The van der Waals surface area contributed by atoms with Crippen molar-refractivity contribution in [1.82, 2.24) is 0 Å². The van der Waals surface area contributed by atoms with E-state index in [1.807, 2.05) is 0 Å². The van der Waals surface area contributed by atoms with Gasteiger partial charge in [-0.25, -0.2) is 0 Å². The fraction of sp³-hybridized carbons (Fsp3) is 0.227. The lowest BCUT2D eigenvalue weighted by atomic mass is 9.99. The maximum Gasteiger partial charge on any atom is 0.197 e. The van der Waals surface area contributed by atoms with Gasteiger partial charge in [0.2, 0.25) is 0 Å². The van der Waals surface area contributed by atoms with Crippen molar-refractivity contribution in [3.8, 4) is 34.3 Å². The first-order valence-corrected chi connectivity index (χ1v) is 9.12. The summed E-state index contributed by atoms with van der Waals surface area (Å²) < 4.78 is 16.3. The minimum absolute atomic E-state index is 0.0307. The third-order valence-corrected chi connectivity index (χ3v) is 4.52. The van der Waals surface area contributed by atoms with E-state index in [2.05, 4.69) is 6.58 Å². The minimum atomic E-state index is -1.09. The molecule has 2 aromatic carbocycles. The molecule has 0 saturated carbocycles. The molecule has 0 fully saturated rings. The van der Waals surface area contributed by atoms with Crippen molar-refractivity contribution in [2.24, 2.45) is 0 Å². The Morgan fingerprint density at radius 2 is 2.00 bits per heavy atom. The molecule has 0 aliphatic carbocycles. The van der Waals surface area contributed by atoms with E-state index < -0.39 is 18.1 Å². The van der Waals surface area contributed by atoms with E-state index in [0.717, 1.165) is 0 Å². The van der Waals surface area contributed by atoms with Gasteiger partial charge in [-0.3, -0.25) is 4.79 Å². The molecule has 0 amide bonds. The predicted molar refractivity (Wildman–Crippen MR) is 110 cm³/mol. The number of hydrogen-bond donors (Lipinski definition) is 4. The lowest BCUT2D eigenvalue weighted by Gasteiger charge is -2.14. The molecule has 0 aliphatic heterocycles. The molecule has 4 N–H and O–H groups in total. The zero-order valence-electron chi connectivity index (χ0n) is 16.3. The van der Waals surface area contributed by atoms with Crippen LogP contribution in [0.3, 0.4) is 0 Å². The summed E-state index contributed by atoms with van der Waals surface area (Å²) in [7, 11) is 1.43. The van der Waals surface area contributed by atoms with Gasteiger partial charge in [-0.15, -0.1) is 6.58 Å². The Kier molecular flexibility index (Phi) is 6.29. The van der Waals surface area contributed by atoms with Gasteiger partial charge in [-0.1, -0.05) is 6.08 Å². The number of rotatable bonds is 8. The number of allylic oxidation sites excluding steroid dienone is 1. The van der Waals surface area contributed by atoms with Crippen LogP contribution in [-0.4, -0.2) is 46.9 Å². The number of aliphatic hydroxyl groups is 2. The minimum Gasteiger partial charge on any atom is -0.507 e. The number of ether oxygens (including phenoxy) is 2. The Balaban J connectivity index is 2.15. The molecule has 0 spiro atoms. The Bertz CT molecular complexity index is 1130. The number of benzene rings is 2. The second-order valence-corrected chi connectivity index (χ2v) is 6.57. The lowest BCUT2D eigenvalue weighted by molar-refractivity contribution is 0.0535. The molecule has 8 nitrogen and oxygen atoms in total. The third kappa shape index (κ3) is 4.10. The fourth-order valence-corrected chi connectivity index (χ4v) is 3.07. The van der Waals surface area contributed by atoms with Gasteiger partial charge in [0, 0.05) is 29.3 Å². The number of phenols is 2. The van der Waals surface area contributed by atoms with Crippen LogP contribution in [0.4, 0.5) is 0 Å². The first kappa shape index (κ1) is 21.2. The highest BCUT2D eigenvalue weighted by molar-refractivity contribution is 5.86. The van der Waals surface area contributed by atoms with Crippen molar-refractivity contribution in [3.63, 3.8) is 0 Å². The van der Waals surface area contributed by atoms with Crippen molar-refractivity contribution in [2.45, 2.75) is 12.5 Å². The molecule has 0 unspecified atom stereocenters. The summed E-state index contributed by atoms with van der Waals surface area (Å²) in [5.41, 5.74) is 0.514. The van der Waals surface area contributed by atoms with E-state index in [1.54, 1.807) is 18.2 Å². The highest BCUT2D eigenvalue weighted by Crippen LogP contribution is 2.39. The van der Waals surface area contributed by atoms with Crippen LogP contribution in [0.25, 0.3) is 22.3 Å². The average molecular weight is 414 g/mol. The van der Waals surface area contributed by atoms with E-state index >= 15 is 0 Å². The zero-order valence-corrected chi connectivity index (χ0v) is 16.3. The second kappa shape index (κ2) is 8.89. The summed E-state index contributed by atoms with van der Waals surface area (Å²) in [6, 6.07) is 7.06. The van der Waals surface area contributed by atoms with E-state index in [-0.39, 0.29) is 46.3 Å². The van der Waals surface area contributed by atoms with E-state index in [0.29, 0.717) is 17.5 Å². The van der Waals surface area contributed by atoms with Crippen LogP contribution in [0.2, 0.25) is 0 Å². The molecule has 8 heteroatoms. The summed E-state index contributed by atoms with van der Waals surface area (Å²) in [4.78, 5) is 12.7. The first-order chi connectivity index (χ1) is 14.4. The smallest absolute Gasteiger partial charge is 0.197 e. The highest BCUT2D eigenvalue weighted by atomic mass is 16.5. The number of fused-ring (bicyclic) bond motifs is 1. The van der Waals surface area contributed by atoms with Gasteiger partial charge in [-0.2, -0.15) is 0 Å². The molecular weight excluding hydrogens is 392 g/mol. The second-order valence-electron chi connectivity index (χ2n) is 6.57. The highest BCUT2D eigenvalue weighted by Gasteiger charge is 2.18. The molecule has 0 bridgehead atoms. The van der Waals surface area contributed by atoms with Gasteiger partial charge >= 0.3 is 0 Å². The van der Waals surface area contributed by atoms with Crippen molar-refractivity contribution in [2.75, 3.05) is 20.3 Å². The van der Waals surface area contributed by atoms with E-state index in [4.69, 9.17) is 19.0 Å². The summed E-state index contributed by atoms with van der Waals surface area (Å²) in [5.74, 6) is 0.168. The maximum absolute atomic E-state index is 12.7. The van der Waals surface area contributed by atoms with Crippen molar-refractivity contribution >= 4 is 11.0 Å². The number of methoxy groups -OCH3 is 1. The normalized spacial score (nSPS) is 12.0. The Hall–Kier alpha value is -3.49. The molecule has 158 valence electrons. The number of phenolic OH excluding ortho intramolecular Hbond substituents is 2. The zero-order chi connectivity index (χ0) is 21.8. The maximum atomic E-state index is 12.7. The van der Waals surface area contributed by atoms with Crippen molar-refractivity contribution < 1.29 is 34.3 Å². The summed E-state index contributed by atoms with van der Waals surface area (Å²) in [6.45, 7) is 3.00. The van der Waals surface area contributed by atoms with Gasteiger partial charge in [0.05, 0.1) is 13.7 Å². The van der Waals surface area contributed by atoms with Gasteiger partial charge < -0.3 is 34.3 Å². The van der Waals surface area contributed by atoms with Crippen LogP contribution in [-0.2, 0) is 6.42 Å². The molecule has 1 heterocycles. The fourth-order valence-electron chi connectivity index (χ4n) is 3.07. The molecule has 1 atom stereocenters. The van der Waals surface area contributed by atoms with Crippen LogP contribution in [0.5, 0.6) is 23.0 Å². The molecular formula is C22H22O8. The molecule has 30 heavy (non-hydrogen) atoms. The summed E-state index contributed by atoms with van der Waals surface area (Å²) >= 11 is 0. The monoisotopic (exact) mass is 414 g/mol. The molecule has 3 rings (SSSR count). The van der Waals surface area contributed by atoms with Crippen molar-refractivity contribution in [3.05, 3.63) is 58.8 Å². The summed E-state index contributed by atoms with van der Waals surface area (Å²) in [5, 5.41) is 39.0. The molecule has 0 aliphatic rings. The SMILES string of the molecule is C=CCc1c(-c2cc(=O)c3c(O)cc(OC[C@H](O)CO)cc3o2)ccc(OC)c1O. The number of aromatic hydroxyl groups is 2. The third-order valence-electron chi connectivity index (χ3n) is 4.52. The van der Waals surface area contributed by atoms with Gasteiger partial charge in [0.25, 0.3) is 0 Å². The van der Waals surface area contributed by atoms with E-state index in [1.165, 1.54) is 25.3 Å². The lowest BCUT2D eigenvalue weighted by Crippen LogP contribution is -2.21. The quantitative estimate of drug-likeness (QED) is 0.413. The Labute approximate surface area is 171 Å². The molecule has 0 saturated heterocycles. The molecule has 1 aromatic heterocycles. The molecule has 0 radical (unpaired) electrons. The van der Waals surface area contributed by atoms with Crippen LogP contribution in [0, 0.1) is 0 Å². The predicted octanol–water partition coefficient (Wildman–Crippen LogP) is 2.34. The van der Waals surface area contributed by atoms with Crippen LogP contribution < -0.4 is 14.9 Å². The van der Waals surface area contributed by atoms with Gasteiger partial charge in [0.1, 0.15) is 40.9 Å². The topological polar surface area (TPSA) is 130 Å². The van der Waals surface area contributed by atoms with Crippen molar-refractivity contribution in [1.29, 1.82) is 0 Å². The Morgan fingerprint density at radius 3 is 2.67 bits per heavy atom. The van der Waals surface area contributed by atoms with Crippen LogP contribution in [0.15, 0.2) is 52.2 Å². The Morgan fingerprint density at radius 1 is 1.23 bits per heavy atom. The van der Waals surface area contributed by atoms with Crippen LogP contribution in [0.1, 0.15) is 5.56 Å². The first-order valence-electron chi connectivity index (χ1n) is 9.12.